The quantitative estimate of drug-likeness (QED) is 0.324. The summed E-state index contributed by atoms with van der Waals surface area (Å²) in [4.78, 5) is 7.50. The van der Waals surface area contributed by atoms with Crippen LogP contribution in [0.1, 0.15) is 51.4 Å². The zero-order chi connectivity index (χ0) is 16.8. The first kappa shape index (κ1) is 35.8. The Bertz CT molecular complexity index is 255. The van der Waals surface area contributed by atoms with E-state index in [1.54, 1.807) is 0 Å². The van der Waals surface area contributed by atoms with Crippen molar-refractivity contribution in [2.45, 2.75) is 51.4 Å². The van der Waals surface area contributed by atoms with Crippen LogP contribution in [0.4, 0.5) is 0 Å². The van der Waals surface area contributed by atoms with Crippen LogP contribution in [-0.4, -0.2) is 88.2 Å². The van der Waals surface area contributed by atoms with E-state index in [0.29, 0.717) is 0 Å². The molecule has 0 bridgehead atoms. The van der Waals surface area contributed by atoms with Crippen LogP contribution in [0.5, 0.6) is 0 Å². The van der Waals surface area contributed by atoms with Gasteiger partial charge in [0.15, 0.2) is 0 Å². The summed E-state index contributed by atoms with van der Waals surface area (Å²) >= 11 is 0. The number of halogens is 3. The van der Waals surface area contributed by atoms with E-state index in [9.17, 15) is 0 Å². The predicted octanol–water partition coefficient (Wildman–Crippen LogP) is -5.70. The van der Waals surface area contributed by atoms with E-state index in [2.05, 4.69) is 41.2 Å². The molecule has 0 radical (unpaired) electrons. The van der Waals surface area contributed by atoms with Gasteiger partial charge in [-0.05, 0) is 98.9 Å². The van der Waals surface area contributed by atoms with Crippen LogP contribution >= 0.6 is 0 Å². The van der Waals surface area contributed by atoms with Crippen molar-refractivity contribution in [1.82, 2.24) is 14.7 Å². The molecule has 4 nitrogen and oxygen atoms in total. The van der Waals surface area contributed by atoms with E-state index in [-0.39, 0.29) is 58.9 Å². The van der Waals surface area contributed by atoms with Gasteiger partial charge in [-0.3, -0.25) is 0 Å². The summed E-state index contributed by atoms with van der Waals surface area (Å²) in [5, 5.41) is 4.68. The molecule has 1 aliphatic rings. The second-order valence-corrected chi connectivity index (χ2v) is 7.41. The summed E-state index contributed by atoms with van der Waals surface area (Å²) in [5.74, 6) is 0. The van der Waals surface area contributed by atoms with Gasteiger partial charge in [0.25, 0.3) is 0 Å². The molecule has 0 aromatic carbocycles. The number of nitrogens with zero attached hydrogens (tertiary/aromatic N) is 4. The fourth-order valence-electron chi connectivity index (χ4n) is 3.18. The molecule has 1 heterocycles. The molecule has 0 aromatic heterocycles. The van der Waals surface area contributed by atoms with Crippen molar-refractivity contribution in [2.75, 3.05) is 73.5 Å². The largest absolute Gasteiger partial charge is 4.00 e. The zero-order valence-corrected chi connectivity index (χ0v) is 21.6. The number of hydrogen-bond acceptors (Lipinski definition) is 3. The third-order valence-electron chi connectivity index (χ3n) is 4.87. The molecule has 1 aliphatic heterocycles. The summed E-state index contributed by atoms with van der Waals surface area (Å²) in [7, 11) is 6.82. The molecule has 0 saturated carbocycles. The number of hydrogen-bond donors (Lipinski definition) is 0. The van der Waals surface area contributed by atoms with E-state index in [1.807, 2.05) is 0 Å². The Hall–Kier alpha value is 1.42. The normalized spacial score (nSPS) is 21.4. The zero-order valence-electron chi connectivity index (χ0n) is 17.7. The maximum atomic E-state index is 4.68. The Morgan fingerprint density at radius 1 is 0.444 bits per heavy atom. The van der Waals surface area contributed by atoms with Gasteiger partial charge in [-0.1, -0.05) is 12.8 Å². The van der Waals surface area contributed by atoms with Crippen LogP contribution in [0.3, 0.4) is 0 Å². The summed E-state index contributed by atoms with van der Waals surface area (Å²) in [6.07, 6.45) is 10.4. The second-order valence-electron chi connectivity index (χ2n) is 7.41. The molecule has 8 heteroatoms. The Labute approximate surface area is 203 Å². The van der Waals surface area contributed by atoms with Gasteiger partial charge in [-0.25, -0.2) is 0 Å². The monoisotopic (exact) mass is 478 g/mol. The Morgan fingerprint density at radius 3 is 0.926 bits per heavy atom. The van der Waals surface area contributed by atoms with Gasteiger partial charge in [0.05, 0.1) is 0 Å². The minimum atomic E-state index is 0. The van der Waals surface area contributed by atoms with Crippen molar-refractivity contribution in [2.24, 2.45) is 0 Å². The number of rotatable bonds is 0. The minimum Gasteiger partial charge on any atom is -1.00 e. The topological polar surface area (TPSA) is 23.8 Å². The molecule has 0 aliphatic carbocycles. The van der Waals surface area contributed by atoms with Crippen LogP contribution in [-0.2, 0) is 21.7 Å². The molecule has 162 valence electrons. The van der Waals surface area contributed by atoms with Crippen LogP contribution < -0.4 is 37.2 Å². The maximum Gasteiger partial charge on any atom is 4.00 e. The predicted molar refractivity (Wildman–Crippen MR) is 103 cm³/mol. The van der Waals surface area contributed by atoms with E-state index in [0.717, 1.165) is 13.1 Å². The van der Waals surface area contributed by atoms with Crippen LogP contribution in [0, 0.1) is 0 Å². The van der Waals surface area contributed by atoms with Crippen molar-refractivity contribution in [3.63, 3.8) is 0 Å². The standard InChI is InChI=1S/C19H41N4.3ClH.Ti/c1-21-14-6-4-12-20-13-5-7-15-22(2)17-9-11-19-23(3)18-10-8-16-21;;;;/h4-19H2,1-3H3;3*1H;/q-1;;;;+4/p-3. The van der Waals surface area contributed by atoms with Crippen molar-refractivity contribution >= 4 is 0 Å². The average molecular weight is 480 g/mol. The van der Waals surface area contributed by atoms with Gasteiger partial charge in [0, 0.05) is 0 Å². The first-order valence-electron chi connectivity index (χ1n) is 9.87. The molecule has 0 aromatic rings. The molecule has 1 rings (SSSR count). The van der Waals surface area contributed by atoms with Gasteiger partial charge >= 0.3 is 21.7 Å². The molecule has 1 saturated heterocycles. The fraction of sp³-hybridized carbons (Fsp3) is 1.00. The van der Waals surface area contributed by atoms with Crippen molar-refractivity contribution < 1.29 is 58.9 Å². The molecule has 0 N–H and O–H groups in total. The van der Waals surface area contributed by atoms with Gasteiger partial charge in [-0.15, -0.1) is 13.1 Å². The van der Waals surface area contributed by atoms with Crippen LogP contribution in [0.15, 0.2) is 0 Å². The average Bonchev–Trinajstić information content (AvgIpc) is 2.53. The first-order chi connectivity index (χ1) is 11.2. The Morgan fingerprint density at radius 2 is 0.667 bits per heavy atom. The molecule has 0 amide bonds. The Kier molecular flexibility index (Phi) is 33.8. The summed E-state index contributed by atoms with van der Waals surface area (Å²) in [5.41, 5.74) is 0. The first-order valence-corrected chi connectivity index (χ1v) is 9.87. The molecule has 0 spiro atoms. The molecule has 0 atom stereocenters. The van der Waals surface area contributed by atoms with Crippen molar-refractivity contribution in [3.05, 3.63) is 5.32 Å². The van der Waals surface area contributed by atoms with Crippen LogP contribution in [0.2, 0.25) is 0 Å². The van der Waals surface area contributed by atoms with Crippen molar-refractivity contribution in [3.8, 4) is 0 Å². The summed E-state index contributed by atoms with van der Waals surface area (Å²) in [6, 6.07) is 0. The van der Waals surface area contributed by atoms with Crippen LogP contribution in [0.25, 0.3) is 5.32 Å². The Balaban J connectivity index is -0.000000661. The summed E-state index contributed by atoms with van der Waals surface area (Å²) < 4.78 is 0. The fourth-order valence-corrected chi connectivity index (χ4v) is 3.18. The van der Waals surface area contributed by atoms with E-state index in [4.69, 9.17) is 0 Å². The third-order valence-corrected chi connectivity index (χ3v) is 4.87. The van der Waals surface area contributed by atoms with Gasteiger partial charge in [0.1, 0.15) is 0 Å². The van der Waals surface area contributed by atoms with Gasteiger partial charge in [-0.2, -0.15) is 0 Å². The van der Waals surface area contributed by atoms with E-state index in [1.165, 1.54) is 90.6 Å². The summed E-state index contributed by atoms with van der Waals surface area (Å²) in [6.45, 7) is 9.59. The smallest absolute Gasteiger partial charge is 1.00 e. The third kappa shape index (κ3) is 23.6. The van der Waals surface area contributed by atoms with E-state index >= 15 is 0 Å². The molecule has 27 heavy (non-hydrogen) atoms. The molecular formula is C19H41Cl3N4Ti. The van der Waals surface area contributed by atoms with Gasteiger partial charge < -0.3 is 57.2 Å². The molecule has 0 unspecified atom stereocenters. The minimum absolute atomic E-state index is 0. The SMILES string of the molecule is CN1CCCC[N-]CCCCN(C)CCCCN(C)CCCC1.[Cl-].[Cl-].[Cl-].[Ti+4]. The van der Waals surface area contributed by atoms with Gasteiger partial charge in [0.2, 0.25) is 0 Å². The second kappa shape index (κ2) is 25.5. The molecule has 1 fully saturated rings. The van der Waals surface area contributed by atoms with Crippen molar-refractivity contribution in [1.29, 1.82) is 0 Å². The molecular weight excluding hydrogens is 438 g/mol. The van der Waals surface area contributed by atoms with E-state index < -0.39 is 0 Å². The maximum absolute atomic E-state index is 4.68.